The number of hydrogen-bond acceptors (Lipinski definition) is 4. The molecule has 0 bridgehead atoms. The number of aromatic nitrogens is 1. The van der Waals surface area contributed by atoms with Crippen molar-refractivity contribution in [3.8, 4) is 0 Å². The lowest BCUT2D eigenvalue weighted by molar-refractivity contribution is 0.0717. The van der Waals surface area contributed by atoms with Crippen LogP contribution in [0.25, 0.3) is 0 Å². The molecule has 0 N–H and O–H groups in total. The summed E-state index contributed by atoms with van der Waals surface area (Å²) >= 11 is 0. The number of hydrogen-bond donors (Lipinski definition) is 0. The first kappa shape index (κ1) is 15.3. The van der Waals surface area contributed by atoms with Crippen LogP contribution in [0, 0.1) is 6.92 Å². The summed E-state index contributed by atoms with van der Waals surface area (Å²) in [6.07, 6.45) is 5.52. The fourth-order valence-electron chi connectivity index (χ4n) is 2.78. The Kier molecular flexibility index (Phi) is 4.41. The van der Waals surface area contributed by atoms with Gasteiger partial charge >= 0.3 is 0 Å². The molecule has 0 unspecified atom stereocenters. The first-order valence-electron chi connectivity index (χ1n) is 7.69. The molecule has 0 atom stereocenters. The van der Waals surface area contributed by atoms with Gasteiger partial charge in [0.2, 0.25) is 0 Å². The minimum atomic E-state index is -0.0329. The van der Waals surface area contributed by atoms with E-state index in [9.17, 15) is 9.59 Å². The van der Waals surface area contributed by atoms with Gasteiger partial charge in [0.05, 0.1) is 11.8 Å². The van der Waals surface area contributed by atoms with E-state index in [0.29, 0.717) is 43.1 Å². The van der Waals surface area contributed by atoms with Crippen LogP contribution in [0.5, 0.6) is 0 Å². The first-order valence-corrected chi connectivity index (χ1v) is 7.69. The molecule has 1 saturated heterocycles. The Hall–Kier alpha value is -2.63. The fraction of sp³-hybridized carbons (Fsp3) is 0.353. The van der Waals surface area contributed by atoms with Gasteiger partial charge < -0.3 is 14.2 Å². The van der Waals surface area contributed by atoms with Crippen molar-refractivity contribution >= 4 is 11.8 Å². The predicted octanol–water partition coefficient (Wildman–Crippen LogP) is 1.97. The molecule has 0 radical (unpaired) electrons. The average molecular weight is 313 g/mol. The van der Waals surface area contributed by atoms with Crippen molar-refractivity contribution in [2.24, 2.45) is 0 Å². The molecule has 120 valence electrons. The van der Waals surface area contributed by atoms with Crippen LogP contribution in [-0.2, 0) is 0 Å². The van der Waals surface area contributed by atoms with Crippen molar-refractivity contribution in [1.29, 1.82) is 0 Å². The number of amides is 2. The highest BCUT2D eigenvalue weighted by Crippen LogP contribution is 2.15. The molecule has 3 rings (SSSR count). The third-order valence-corrected chi connectivity index (χ3v) is 4.09. The van der Waals surface area contributed by atoms with E-state index in [4.69, 9.17) is 4.42 Å². The van der Waals surface area contributed by atoms with Crippen molar-refractivity contribution in [3.63, 3.8) is 0 Å². The Morgan fingerprint density at radius 1 is 1.00 bits per heavy atom. The van der Waals surface area contributed by atoms with Crippen LogP contribution in [0.2, 0.25) is 0 Å². The molecule has 1 fully saturated rings. The van der Waals surface area contributed by atoms with Crippen LogP contribution in [-0.4, -0.2) is 52.8 Å². The maximum Gasteiger partial charge on any atom is 0.257 e. The third-order valence-electron chi connectivity index (χ3n) is 4.09. The molecule has 0 aliphatic carbocycles. The molecular formula is C17H19N3O3. The maximum absolute atomic E-state index is 12.5. The summed E-state index contributed by atoms with van der Waals surface area (Å²) in [4.78, 5) is 32.5. The van der Waals surface area contributed by atoms with Crippen LogP contribution in [0.4, 0.5) is 0 Å². The molecular weight excluding hydrogens is 294 g/mol. The van der Waals surface area contributed by atoms with Gasteiger partial charge in [-0.2, -0.15) is 0 Å². The van der Waals surface area contributed by atoms with Gasteiger partial charge in [0, 0.05) is 44.1 Å². The number of carbonyl (C=O) groups is 2. The number of furan rings is 1. The van der Waals surface area contributed by atoms with Crippen LogP contribution < -0.4 is 0 Å². The topological polar surface area (TPSA) is 66.7 Å². The molecule has 0 saturated carbocycles. The highest BCUT2D eigenvalue weighted by Gasteiger charge is 2.24. The monoisotopic (exact) mass is 313 g/mol. The Balaban J connectivity index is 1.67. The van der Waals surface area contributed by atoms with Crippen molar-refractivity contribution in [1.82, 2.24) is 14.8 Å². The second kappa shape index (κ2) is 6.64. The van der Waals surface area contributed by atoms with E-state index in [1.807, 2.05) is 0 Å². The maximum atomic E-state index is 12.5. The van der Waals surface area contributed by atoms with E-state index < -0.39 is 0 Å². The van der Waals surface area contributed by atoms with Gasteiger partial charge in [-0.3, -0.25) is 14.6 Å². The summed E-state index contributed by atoms with van der Waals surface area (Å²) in [6.45, 7) is 4.13. The SMILES string of the molecule is Cc1occc1C(=O)N1CCCN(C(=O)c2ccncc2)CC1. The Morgan fingerprint density at radius 2 is 1.65 bits per heavy atom. The van der Waals surface area contributed by atoms with Crippen LogP contribution in [0.3, 0.4) is 0 Å². The number of nitrogens with zero attached hydrogens (tertiary/aromatic N) is 3. The number of aryl methyl sites for hydroxylation is 1. The molecule has 23 heavy (non-hydrogen) atoms. The third kappa shape index (κ3) is 3.26. The van der Waals surface area contributed by atoms with Crippen LogP contribution in [0.15, 0.2) is 41.3 Å². The summed E-state index contributed by atoms with van der Waals surface area (Å²) < 4.78 is 5.21. The summed E-state index contributed by atoms with van der Waals surface area (Å²) in [5.41, 5.74) is 1.23. The number of pyridine rings is 1. The highest BCUT2D eigenvalue weighted by molar-refractivity contribution is 5.96. The van der Waals surface area contributed by atoms with E-state index in [-0.39, 0.29) is 11.8 Å². The lowest BCUT2D eigenvalue weighted by Gasteiger charge is -2.22. The molecule has 6 heteroatoms. The zero-order valence-electron chi connectivity index (χ0n) is 13.1. The fourth-order valence-corrected chi connectivity index (χ4v) is 2.78. The molecule has 3 heterocycles. The summed E-state index contributed by atoms with van der Waals surface area (Å²) in [6, 6.07) is 5.12. The molecule has 1 aliphatic rings. The highest BCUT2D eigenvalue weighted by atomic mass is 16.3. The van der Waals surface area contributed by atoms with Gasteiger partial charge in [-0.15, -0.1) is 0 Å². The van der Waals surface area contributed by atoms with E-state index in [1.165, 1.54) is 6.26 Å². The predicted molar refractivity (Wildman–Crippen MR) is 84.1 cm³/mol. The minimum absolute atomic E-state index is 0.0128. The van der Waals surface area contributed by atoms with Crippen molar-refractivity contribution in [2.45, 2.75) is 13.3 Å². The Morgan fingerprint density at radius 3 is 2.26 bits per heavy atom. The average Bonchev–Trinajstić information content (AvgIpc) is 2.86. The zero-order chi connectivity index (χ0) is 16.2. The van der Waals surface area contributed by atoms with Crippen molar-refractivity contribution in [3.05, 3.63) is 53.7 Å². The summed E-state index contributed by atoms with van der Waals surface area (Å²) in [5, 5.41) is 0. The van der Waals surface area contributed by atoms with Gasteiger partial charge in [0.1, 0.15) is 5.76 Å². The summed E-state index contributed by atoms with van der Waals surface area (Å²) in [5.74, 6) is 0.583. The second-order valence-electron chi connectivity index (χ2n) is 5.56. The zero-order valence-corrected chi connectivity index (χ0v) is 13.1. The first-order chi connectivity index (χ1) is 11.2. The second-order valence-corrected chi connectivity index (χ2v) is 5.56. The normalized spacial score (nSPS) is 15.3. The van der Waals surface area contributed by atoms with E-state index >= 15 is 0 Å². The molecule has 2 aromatic rings. The number of carbonyl (C=O) groups excluding carboxylic acids is 2. The standard InChI is InChI=1S/C17H19N3O3/c1-13-15(5-12-23-13)17(22)20-9-2-8-19(10-11-20)16(21)14-3-6-18-7-4-14/h3-7,12H,2,8-11H2,1H3. The largest absolute Gasteiger partial charge is 0.469 e. The molecule has 0 spiro atoms. The van der Waals surface area contributed by atoms with Gasteiger partial charge in [-0.05, 0) is 31.5 Å². The smallest absolute Gasteiger partial charge is 0.257 e. The molecule has 0 aromatic carbocycles. The van der Waals surface area contributed by atoms with E-state index in [1.54, 1.807) is 47.3 Å². The van der Waals surface area contributed by atoms with Gasteiger partial charge in [0.15, 0.2) is 0 Å². The van der Waals surface area contributed by atoms with Crippen molar-refractivity contribution < 1.29 is 14.0 Å². The lowest BCUT2D eigenvalue weighted by Crippen LogP contribution is -2.37. The molecule has 2 aromatic heterocycles. The van der Waals surface area contributed by atoms with E-state index in [2.05, 4.69) is 4.98 Å². The van der Waals surface area contributed by atoms with Gasteiger partial charge in [0.25, 0.3) is 11.8 Å². The quantitative estimate of drug-likeness (QED) is 0.850. The van der Waals surface area contributed by atoms with Crippen LogP contribution in [0.1, 0.15) is 32.9 Å². The Labute approximate surface area is 134 Å². The van der Waals surface area contributed by atoms with Crippen LogP contribution >= 0.6 is 0 Å². The molecule has 6 nitrogen and oxygen atoms in total. The molecule has 1 aliphatic heterocycles. The molecule has 2 amide bonds. The van der Waals surface area contributed by atoms with Gasteiger partial charge in [-0.25, -0.2) is 0 Å². The Bertz CT molecular complexity index is 696. The van der Waals surface area contributed by atoms with Crippen molar-refractivity contribution in [2.75, 3.05) is 26.2 Å². The van der Waals surface area contributed by atoms with Gasteiger partial charge in [-0.1, -0.05) is 0 Å². The van der Waals surface area contributed by atoms with E-state index in [0.717, 1.165) is 6.42 Å². The summed E-state index contributed by atoms with van der Waals surface area (Å²) in [7, 11) is 0. The lowest BCUT2D eigenvalue weighted by atomic mass is 10.2. The minimum Gasteiger partial charge on any atom is -0.469 e. The number of rotatable bonds is 2.